The second-order valence-electron chi connectivity index (χ2n) is 2.68. The van der Waals surface area contributed by atoms with Crippen LogP contribution in [0.4, 0.5) is 4.79 Å². The van der Waals surface area contributed by atoms with Crippen molar-refractivity contribution in [1.82, 2.24) is 5.32 Å². The summed E-state index contributed by atoms with van der Waals surface area (Å²) in [6.07, 6.45) is 1.33. The van der Waals surface area contributed by atoms with Crippen LogP contribution in [-0.4, -0.2) is 29.9 Å². The van der Waals surface area contributed by atoms with E-state index in [0.717, 1.165) is 5.56 Å². The lowest BCUT2D eigenvalue weighted by Crippen LogP contribution is -2.30. The summed E-state index contributed by atoms with van der Waals surface area (Å²) in [6.45, 7) is -0.730. The fraction of sp³-hybridized carbons (Fsp3) is 0.100. The molecule has 0 aliphatic carbocycles. The Morgan fingerprint density at radius 3 is 2.60 bits per heavy atom. The summed E-state index contributed by atoms with van der Waals surface area (Å²) in [7, 11) is 0. The van der Waals surface area contributed by atoms with Crippen LogP contribution in [0.3, 0.4) is 0 Å². The van der Waals surface area contributed by atoms with E-state index in [2.05, 4.69) is 4.99 Å². The molecule has 2 N–H and O–H groups in total. The zero-order valence-corrected chi connectivity index (χ0v) is 7.88. The number of imide groups is 1. The number of nitrogens with one attached hydrogen (secondary N) is 1. The van der Waals surface area contributed by atoms with Crippen LogP contribution in [0.2, 0.25) is 0 Å². The molecule has 0 atom stereocenters. The predicted molar refractivity (Wildman–Crippen MR) is 54.7 cm³/mol. The quantitative estimate of drug-likeness (QED) is 0.684. The molecule has 1 aromatic rings. The van der Waals surface area contributed by atoms with Crippen LogP contribution in [0.15, 0.2) is 35.3 Å². The third-order valence-electron chi connectivity index (χ3n) is 1.52. The highest BCUT2D eigenvalue weighted by molar-refractivity contribution is 5.99. The highest BCUT2D eigenvalue weighted by atomic mass is 16.3. The first kappa shape index (κ1) is 11.1. The van der Waals surface area contributed by atoms with Crippen LogP contribution >= 0.6 is 0 Å². The molecule has 3 amide bonds. The highest BCUT2D eigenvalue weighted by Gasteiger charge is 2.02. The van der Waals surface area contributed by atoms with E-state index in [1.54, 1.807) is 24.3 Å². The Labute approximate surface area is 86.5 Å². The number of aliphatic hydroxyl groups is 1. The van der Waals surface area contributed by atoms with Crippen LogP contribution in [0.25, 0.3) is 0 Å². The molecular formula is C10H10N2O3. The van der Waals surface area contributed by atoms with Gasteiger partial charge in [-0.1, -0.05) is 30.3 Å². The number of aliphatic hydroxyl groups excluding tert-OH is 1. The first-order chi connectivity index (χ1) is 7.22. The Morgan fingerprint density at radius 2 is 2.00 bits per heavy atom. The van der Waals surface area contributed by atoms with Gasteiger partial charge in [-0.05, 0) is 5.56 Å². The number of benzene rings is 1. The molecule has 1 aromatic carbocycles. The van der Waals surface area contributed by atoms with E-state index in [4.69, 9.17) is 5.11 Å². The molecule has 0 bridgehead atoms. The molecule has 0 unspecified atom stereocenters. The van der Waals surface area contributed by atoms with Crippen molar-refractivity contribution >= 4 is 18.2 Å². The Bertz CT molecular complexity index is 374. The van der Waals surface area contributed by atoms with Crippen LogP contribution in [0.5, 0.6) is 0 Å². The van der Waals surface area contributed by atoms with E-state index in [1.807, 2.05) is 11.4 Å². The molecule has 0 spiro atoms. The zero-order valence-electron chi connectivity index (χ0n) is 7.88. The number of urea groups is 1. The lowest BCUT2D eigenvalue weighted by atomic mass is 10.2. The van der Waals surface area contributed by atoms with Crippen molar-refractivity contribution in [2.24, 2.45) is 4.99 Å². The topological polar surface area (TPSA) is 78.8 Å². The second-order valence-corrected chi connectivity index (χ2v) is 2.68. The number of aliphatic imine (C=N–C) groups is 1. The summed E-state index contributed by atoms with van der Waals surface area (Å²) in [5, 5.41) is 10.2. The molecule has 0 radical (unpaired) electrons. The third kappa shape index (κ3) is 4.15. The van der Waals surface area contributed by atoms with E-state index >= 15 is 0 Å². The Kier molecular flexibility index (Phi) is 4.18. The standard InChI is InChI=1S/C10H10N2O3/c13-7-9(14)12-10(15)11-6-8-4-2-1-3-5-8/h1-6,13H,7H2,(H,12,14,15). The van der Waals surface area contributed by atoms with Gasteiger partial charge < -0.3 is 5.11 Å². The molecule has 5 heteroatoms. The summed E-state index contributed by atoms with van der Waals surface area (Å²) in [5.41, 5.74) is 0.754. The van der Waals surface area contributed by atoms with Crippen molar-refractivity contribution < 1.29 is 14.7 Å². The predicted octanol–water partition coefficient (Wildman–Crippen LogP) is 0.334. The minimum absolute atomic E-state index is 0.730. The van der Waals surface area contributed by atoms with E-state index in [0.29, 0.717) is 0 Å². The van der Waals surface area contributed by atoms with Crippen molar-refractivity contribution in [2.45, 2.75) is 0 Å². The smallest absolute Gasteiger partial charge is 0.347 e. The Balaban J connectivity index is 2.52. The number of hydrogen-bond acceptors (Lipinski definition) is 3. The average molecular weight is 206 g/mol. The summed E-state index contributed by atoms with van der Waals surface area (Å²) in [5.74, 6) is -0.773. The van der Waals surface area contributed by atoms with Gasteiger partial charge in [-0.25, -0.2) is 9.79 Å². The second kappa shape index (κ2) is 5.66. The number of carbonyl (C=O) groups excluding carboxylic acids is 2. The Hall–Kier alpha value is -2.01. The van der Waals surface area contributed by atoms with Crippen LogP contribution in [0.1, 0.15) is 5.56 Å². The van der Waals surface area contributed by atoms with Crippen molar-refractivity contribution in [3.63, 3.8) is 0 Å². The fourth-order valence-electron chi connectivity index (χ4n) is 0.863. The average Bonchev–Trinajstić information content (AvgIpc) is 2.27. The van der Waals surface area contributed by atoms with Gasteiger partial charge in [-0.2, -0.15) is 0 Å². The maximum atomic E-state index is 10.9. The van der Waals surface area contributed by atoms with Crippen LogP contribution in [0, 0.1) is 0 Å². The van der Waals surface area contributed by atoms with E-state index in [9.17, 15) is 9.59 Å². The van der Waals surface area contributed by atoms with Crippen molar-refractivity contribution in [2.75, 3.05) is 6.61 Å². The molecular weight excluding hydrogens is 196 g/mol. The molecule has 15 heavy (non-hydrogen) atoms. The van der Waals surface area contributed by atoms with Gasteiger partial charge >= 0.3 is 6.03 Å². The van der Waals surface area contributed by atoms with Gasteiger partial charge in [0.1, 0.15) is 6.61 Å². The molecule has 0 saturated carbocycles. The molecule has 0 fully saturated rings. The maximum Gasteiger partial charge on any atom is 0.347 e. The molecule has 0 aromatic heterocycles. The van der Waals surface area contributed by atoms with Crippen LogP contribution < -0.4 is 5.32 Å². The van der Waals surface area contributed by atoms with Crippen molar-refractivity contribution in [1.29, 1.82) is 0 Å². The van der Waals surface area contributed by atoms with Gasteiger partial charge in [0.25, 0.3) is 5.91 Å². The zero-order chi connectivity index (χ0) is 11.1. The molecule has 1 rings (SSSR count). The summed E-state index contributed by atoms with van der Waals surface area (Å²) in [4.78, 5) is 25.0. The minimum atomic E-state index is -0.794. The largest absolute Gasteiger partial charge is 0.387 e. The number of hydrogen-bond donors (Lipinski definition) is 2. The number of carbonyl (C=O) groups is 2. The summed E-state index contributed by atoms with van der Waals surface area (Å²) in [6, 6.07) is 8.19. The summed E-state index contributed by atoms with van der Waals surface area (Å²) < 4.78 is 0. The van der Waals surface area contributed by atoms with Gasteiger partial charge in [0, 0.05) is 6.21 Å². The van der Waals surface area contributed by atoms with Gasteiger partial charge in [-0.15, -0.1) is 0 Å². The SMILES string of the molecule is O=C(CO)NC(=O)N=Cc1ccccc1. The monoisotopic (exact) mass is 206 g/mol. The fourth-order valence-corrected chi connectivity index (χ4v) is 0.863. The first-order valence-electron chi connectivity index (χ1n) is 4.26. The molecule has 78 valence electrons. The van der Waals surface area contributed by atoms with Gasteiger partial charge in [0.15, 0.2) is 0 Å². The number of amides is 3. The Morgan fingerprint density at radius 1 is 1.33 bits per heavy atom. The summed E-state index contributed by atoms with van der Waals surface area (Å²) >= 11 is 0. The van der Waals surface area contributed by atoms with E-state index in [-0.39, 0.29) is 0 Å². The molecule has 5 nitrogen and oxygen atoms in total. The highest BCUT2D eigenvalue weighted by Crippen LogP contribution is 1.93. The normalized spacial score (nSPS) is 10.2. The molecule has 0 heterocycles. The minimum Gasteiger partial charge on any atom is -0.387 e. The van der Waals surface area contributed by atoms with Crippen molar-refractivity contribution in [3.8, 4) is 0 Å². The first-order valence-corrected chi connectivity index (χ1v) is 4.26. The van der Waals surface area contributed by atoms with Crippen LogP contribution in [-0.2, 0) is 4.79 Å². The van der Waals surface area contributed by atoms with Gasteiger partial charge in [-0.3, -0.25) is 10.1 Å². The lowest BCUT2D eigenvalue weighted by Gasteiger charge is -1.95. The van der Waals surface area contributed by atoms with E-state index in [1.165, 1.54) is 6.21 Å². The molecule has 0 aliphatic heterocycles. The van der Waals surface area contributed by atoms with Gasteiger partial charge in [0.2, 0.25) is 0 Å². The third-order valence-corrected chi connectivity index (χ3v) is 1.52. The van der Waals surface area contributed by atoms with E-state index < -0.39 is 18.5 Å². The molecule has 0 saturated heterocycles. The number of nitrogens with zero attached hydrogens (tertiary/aromatic N) is 1. The lowest BCUT2D eigenvalue weighted by molar-refractivity contribution is -0.122. The van der Waals surface area contributed by atoms with Gasteiger partial charge in [0.05, 0.1) is 0 Å². The molecule has 0 aliphatic rings. The van der Waals surface area contributed by atoms with Crippen molar-refractivity contribution in [3.05, 3.63) is 35.9 Å². The maximum absolute atomic E-state index is 10.9. The number of rotatable bonds is 2.